The number of rotatable bonds is 2. The SMILES string of the molecule is CC(C)c1cccc(C2(O)CCOCC2)c1F. The van der Waals surface area contributed by atoms with E-state index < -0.39 is 5.60 Å². The molecule has 0 amide bonds. The van der Waals surface area contributed by atoms with Crippen molar-refractivity contribution in [3.05, 3.63) is 35.1 Å². The molecule has 1 N–H and O–H groups in total. The Morgan fingerprint density at radius 1 is 1.29 bits per heavy atom. The van der Waals surface area contributed by atoms with E-state index in [4.69, 9.17) is 4.74 Å². The third kappa shape index (κ3) is 2.35. The van der Waals surface area contributed by atoms with Crippen LogP contribution in [0.2, 0.25) is 0 Å². The van der Waals surface area contributed by atoms with Gasteiger partial charge < -0.3 is 9.84 Å². The molecule has 0 bridgehead atoms. The molecule has 2 rings (SSSR count). The topological polar surface area (TPSA) is 29.5 Å². The van der Waals surface area contributed by atoms with Gasteiger partial charge in [-0.1, -0.05) is 32.0 Å². The lowest BCUT2D eigenvalue weighted by molar-refractivity contribution is -0.0698. The highest BCUT2D eigenvalue weighted by atomic mass is 19.1. The van der Waals surface area contributed by atoms with Gasteiger partial charge >= 0.3 is 0 Å². The van der Waals surface area contributed by atoms with Crippen molar-refractivity contribution in [2.24, 2.45) is 0 Å². The van der Waals surface area contributed by atoms with Crippen molar-refractivity contribution >= 4 is 0 Å². The van der Waals surface area contributed by atoms with Gasteiger partial charge in [-0.25, -0.2) is 4.39 Å². The summed E-state index contributed by atoms with van der Waals surface area (Å²) in [5, 5.41) is 10.5. The van der Waals surface area contributed by atoms with Crippen LogP contribution in [0.1, 0.15) is 43.7 Å². The van der Waals surface area contributed by atoms with Gasteiger partial charge in [0.2, 0.25) is 0 Å². The Bertz CT molecular complexity index is 395. The van der Waals surface area contributed by atoms with Crippen LogP contribution in [-0.4, -0.2) is 18.3 Å². The van der Waals surface area contributed by atoms with Gasteiger partial charge in [0.05, 0.1) is 5.60 Å². The van der Waals surface area contributed by atoms with E-state index in [9.17, 15) is 9.50 Å². The van der Waals surface area contributed by atoms with E-state index in [1.807, 2.05) is 19.9 Å². The predicted octanol–water partition coefficient (Wildman–Crippen LogP) is 2.95. The first kappa shape index (κ1) is 12.5. The first-order chi connectivity index (χ1) is 8.04. The summed E-state index contributed by atoms with van der Waals surface area (Å²) in [6.45, 7) is 4.89. The van der Waals surface area contributed by atoms with Gasteiger partial charge in [-0.15, -0.1) is 0 Å². The zero-order valence-corrected chi connectivity index (χ0v) is 10.4. The van der Waals surface area contributed by atoms with Gasteiger partial charge in [0.25, 0.3) is 0 Å². The normalized spacial score (nSPS) is 19.6. The van der Waals surface area contributed by atoms with Gasteiger partial charge in [-0.2, -0.15) is 0 Å². The average Bonchev–Trinajstić information content (AvgIpc) is 2.29. The highest BCUT2D eigenvalue weighted by Crippen LogP contribution is 2.35. The average molecular weight is 238 g/mol. The van der Waals surface area contributed by atoms with E-state index in [0.29, 0.717) is 37.2 Å². The Morgan fingerprint density at radius 2 is 1.94 bits per heavy atom. The third-order valence-electron chi connectivity index (χ3n) is 3.47. The summed E-state index contributed by atoms with van der Waals surface area (Å²) in [6, 6.07) is 5.29. The molecule has 1 heterocycles. The molecule has 94 valence electrons. The van der Waals surface area contributed by atoms with Gasteiger partial charge in [0, 0.05) is 31.6 Å². The standard InChI is InChI=1S/C14H19FO2/c1-10(2)11-4-3-5-12(13(11)15)14(16)6-8-17-9-7-14/h3-5,10,16H,6-9H2,1-2H3. The van der Waals surface area contributed by atoms with Crippen molar-refractivity contribution in [3.63, 3.8) is 0 Å². The molecular weight excluding hydrogens is 219 g/mol. The molecule has 0 radical (unpaired) electrons. The Labute approximate surface area is 101 Å². The lowest BCUT2D eigenvalue weighted by Crippen LogP contribution is -2.34. The summed E-state index contributed by atoms with van der Waals surface area (Å²) in [7, 11) is 0. The minimum atomic E-state index is -1.06. The maximum absolute atomic E-state index is 14.4. The highest BCUT2D eigenvalue weighted by Gasteiger charge is 2.34. The van der Waals surface area contributed by atoms with E-state index in [-0.39, 0.29) is 11.7 Å². The maximum Gasteiger partial charge on any atom is 0.132 e. The molecular formula is C14H19FO2. The fourth-order valence-corrected chi connectivity index (χ4v) is 2.33. The molecule has 1 aliphatic rings. The van der Waals surface area contributed by atoms with Gasteiger partial charge in [-0.05, 0) is 11.5 Å². The zero-order chi connectivity index (χ0) is 12.5. The van der Waals surface area contributed by atoms with Crippen LogP contribution in [0.15, 0.2) is 18.2 Å². The van der Waals surface area contributed by atoms with Crippen molar-refractivity contribution in [1.29, 1.82) is 0 Å². The van der Waals surface area contributed by atoms with Crippen LogP contribution in [0.5, 0.6) is 0 Å². The lowest BCUT2D eigenvalue weighted by Gasteiger charge is -2.33. The molecule has 3 heteroatoms. The molecule has 2 nitrogen and oxygen atoms in total. The lowest BCUT2D eigenvalue weighted by atomic mass is 9.84. The first-order valence-corrected chi connectivity index (χ1v) is 6.13. The molecule has 0 aromatic heterocycles. The second-order valence-corrected chi connectivity index (χ2v) is 5.01. The van der Waals surface area contributed by atoms with Gasteiger partial charge in [0.1, 0.15) is 5.82 Å². The third-order valence-corrected chi connectivity index (χ3v) is 3.47. The summed E-state index contributed by atoms with van der Waals surface area (Å²) in [6.07, 6.45) is 0.928. The second kappa shape index (κ2) is 4.75. The van der Waals surface area contributed by atoms with Crippen LogP contribution in [0, 0.1) is 5.82 Å². The Balaban J connectivity index is 2.41. The van der Waals surface area contributed by atoms with E-state index in [2.05, 4.69) is 0 Å². The van der Waals surface area contributed by atoms with Crippen molar-refractivity contribution in [1.82, 2.24) is 0 Å². The molecule has 0 spiro atoms. The predicted molar refractivity (Wildman–Crippen MR) is 64.4 cm³/mol. The number of halogens is 1. The Kier molecular flexibility index (Phi) is 3.50. The molecule has 1 aromatic carbocycles. The summed E-state index contributed by atoms with van der Waals surface area (Å²) in [5.74, 6) is -0.134. The molecule has 1 saturated heterocycles. The minimum absolute atomic E-state index is 0.124. The van der Waals surface area contributed by atoms with E-state index in [1.54, 1.807) is 12.1 Å². The van der Waals surface area contributed by atoms with Crippen molar-refractivity contribution < 1.29 is 14.2 Å². The van der Waals surface area contributed by atoms with Crippen LogP contribution >= 0.6 is 0 Å². The largest absolute Gasteiger partial charge is 0.385 e. The van der Waals surface area contributed by atoms with Crippen molar-refractivity contribution in [2.75, 3.05) is 13.2 Å². The molecule has 1 aliphatic heterocycles. The Hall–Kier alpha value is -0.930. The fourth-order valence-electron chi connectivity index (χ4n) is 2.33. The molecule has 1 fully saturated rings. The second-order valence-electron chi connectivity index (χ2n) is 5.01. The maximum atomic E-state index is 14.4. The highest BCUT2D eigenvalue weighted by molar-refractivity contribution is 5.32. The van der Waals surface area contributed by atoms with Crippen LogP contribution in [0.4, 0.5) is 4.39 Å². The molecule has 0 aliphatic carbocycles. The number of aliphatic hydroxyl groups is 1. The smallest absolute Gasteiger partial charge is 0.132 e. The summed E-state index contributed by atoms with van der Waals surface area (Å²) in [4.78, 5) is 0. The Morgan fingerprint density at radius 3 is 2.53 bits per heavy atom. The molecule has 1 aromatic rings. The number of hydrogen-bond donors (Lipinski definition) is 1. The molecule has 0 saturated carbocycles. The molecule has 0 atom stereocenters. The van der Waals surface area contributed by atoms with Crippen LogP contribution in [-0.2, 0) is 10.3 Å². The van der Waals surface area contributed by atoms with Gasteiger partial charge in [0.15, 0.2) is 0 Å². The van der Waals surface area contributed by atoms with Gasteiger partial charge in [-0.3, -0.25) is 0 Å². The van der Waals surface area contributed by atoms with Crippen LogP contribution in [0.25, 0.3) is 0 Å². The quantitative estimate of drug-likeness (QED) is 0.858. The monoisotopic (exact) mass is 238 g/mol. The van der Waals surface area contributed by atoms with E-state index in [0.717, 1.165) is 0 Å². The molecule has 17 heavy (non-hydrogen) atoms. The summed E-state index contributed by atoms with van der Waals surface area (Å²) in [5.41, 5.74) is 0.0298. The number of benzene rings is 1. The fraction of sp³-hybridized carbons (Fsp3) is 0.571. The van der Waals surface area contributed by atoms with E-state index >= 15 is 0 Å². The summed E-state index contributed by atoms with van der Waals surface area (Å²) < 4.78 is 19.6. The summed E-state index contributed by atoms with van der Waals surface area (Å²) >= 11 is 0. The van der Waals surface area contributed by atoms with E-state index in [1.165, 1.54) is 0 Å². The molecule has 0 unspecified atom stereocenters. The number of hydrogen-bond acceptors (Lipinski definition) is 2. The zero-order valence-electron chi connectivity index (χ0n) is 10.4. The van der Waals surface area contributed by atoms with Crippen molar-refractivity contribution in [3.8, 4) is 0 Å². The van der Waals surface area contributed by atoms with Crippen LogP contribution < -0.4 is 0 Å². The van der Waals surface area contributed by atoms with Crippen molar-refractivity contribution in [2.45, 2.75) is 38.2 Å². The number of ether oxygens (including phenoxy) is 1. The van der Waals surface area contributed by atoms with Crippen LogP contribution in [0.3, 0.4) is 0 Å². The first-order valence-electron chi connectivity index (χ1n) is 6.13. The minimum Gasteiger partial charge on any atom is -0.385 e.